The smallest absolute Gasteiger partial charge is 0.133 e. The summed E-state index contributed by atoms with van der Waals surface area (Å²) in [6.07, 6.45) is 6.59. The number of fused-ring (bicyclic) bond motifs is 1. The zero-order chi connectivity index (χ0) is 14.7. The van der Waals surface area contributed by atoms with E-state index in [1.165, 1.54) is 18.2 Å². The second-order valence-corrected chi connectivity index (χ2v) is 6.37. The third kappa shape index (κ3) is 3.41. The van der Waals surface area contributed by atoms with Crippen molar-refractivity contribution in [3.8, 4) is 5.75 Å². The van der Waals surface area contributed by atoms with Crippen molar-refractivity contribution in [2.45, 2.75) is 31.1 Å². The van der Waals surface area contributed by atoms with Crippen molar-refractivity contribution in [1.82, 2.24) is 4.98 Å². The van der Waals surface area contributed by atoms with Crippen LogP contribution in [0.2, 0.25) is 0 Å². The highest BCUT2D eigenvalue weighted by Crippen LogP contribution is 2.29. The van der Waals surface area contributed by atoms with Gasteiger partial charge in [0.2, 0.25) is 0 Å². The lowest BCUT2D eigenvalue weighted by Gasteiger charge is -2.25. The Morgan fingerprint density at radius 3 is 3.05 bits per heavy atom. The Morgan fingerprint density at radius 1 is 1.33 bits per heavy atom. The first-order chi connectivity index (χ1) is 10.3. The van der Waals surface area contributed by atoms with Gasteiger partial charge in [-0.2, -0.15) is 0 Å². The van der Waals surface area contributed by atoms with Crippen molar-refractivity contribution in [2.75, 3.05) is 19.0 Å². The van der Waals surface area contributed by atoms with Gasteiger partial charge in [-0.1, -0.05) is 12.5 Å². The van der Waals surface area contributed by atoms with Gasteiger partial charge in [-0.15, -0.1) is 11.6 Å². The standard InChI is InChI=1S/C17H21ClN2O/c1-21-15-6-5-13-7-8-19-17(16(13)10-15)20-11-12-3-2-4-14(18)9-12/h5-8,10,12,14H,2-4,9,11H2,1H3,(H,19,20). The molecule has 0 saturated heterocycles. The molecule has 4 heteroatoms. The van der Waals surface area contributed by atoms with E-state index in [4.69, 9.17) is 16.3 Å². The highest BCUT2D eigenvalue weighted by molar-refractivity contribution is 6.20. The molecule has 112 valence electrons. The highest BCUT2D eigenvalue weighted by Gasteiger charge is 2.20. The molecule has 0 bridgehead atoms. The molecule has 1 heterocycles. The number of nitrogens with one attached hydrogen (secondary N) is 1. The van der Waals surface area contributed by atoms with Gasteiger partial charge in [0.1, 0.15) is 11.6 Å². The van der Waals surface area contributed by atoms with Crippen LogP contribution in [0.3, 0.4) is 0 Å². The Balaban J connectivity index is 1.76. The number of hydrogen-bond acceptors (Lipinski definition) is 3. The Hall–Kier alpha value is -1.48. The molecule has 1 aliphatic carbocycles. The first-order valence-electron chi connectivity index (χ1n) is 7.57. The Labute approximate surface area is 130 Å². The Morgan fingerprint density at radius 2 is 2.24 bits per heavy atom. The van der Waals surface area contributed by atoms with E-state index in [0.717, 1.165) is 36.3 Å². The molecular weight excluding hydrogens is 284 g/mol. The van der Waals surface area contributed by atoms with Gasteiger partial charge >= 0.3 is 0 Å². The van der Waals surface area contributed by atoms with E-state index >= 15 is 0 Å². The summed E-state index contributed by atoms with van der Waals surface area (Å²) in [6.45, 7) is 0.937. The van der Waals surface area contributed by atoms with Gasteiger partial charge in [0.15, 0.2) is 0 Å². The minimum atomic E-state index is 0.339. The molecule has 0 spiro atoms. The summed E-state index contributed by atoms with van der Waals surface area (Å²) in [4.78, 5) is 4.49. The average molecular weight is 305 g/mol. The van der Waals surface area contributed by atoms with Gasteiger partial charge < -0.3 is 10.1 Å². The van der Waals surface area contributed by atoms with Crippen molar-refractivity contribution in [1.29, 1.82) is 0 Å². The molecule has 1 aliphatic rings. The van der Waals surface area contributed by atoms with E-state index in [-0.39, 0.29) is 0 Å². The molecule has 3 rings (SSSR count). The largest absolute Gasteiger partial charge is 0.497 e. The molecule has 1 N–H and O–H groups in total. The number of hydrogen-bond donors (Lipinski definition) is 1. The number of alkyl halides is 1. The van der Waals surface area contributed by atoms with Crippen molar-refractivity contribution in [3.05, 3.63) is 30.5 Å². The number of nitrogens with zero attached hydrogens (tertiary/aromatic N) is 1. The zero-order valence-corrected chi connectivity index (χ0v) is 13.1. The summed E-state index contributed by atoms with van der Waals surface area (Å²) in [6, 6.07) is 8.10. The fourth-order valence-electron chi connectivity index (χ4n) is 3.07. The predicted octanol–water partition coefficient (Wildman–Crippen LogP) is 4.45. The van der Waals surface area contributed by atoms with Crippen LogP contribution in [-0.4, -0.2) is 24.0 Å². The Bertz CT molecular complexity index is 617. The van der Waals surface area contributed by atoms with Gasteiger partial charge in [0, 0.05) is 23.5 Å². The van der Waals surface area contributed by atoms with Crippen molar-refractivity contribution in [3.63, 3.8) is 0 Å². The molecular formula is C17H21ClN2O. The quantitative estimate of drug-likeness (QED) is 0.847. The monoisotopic (exact) mass is 304 g/mol. The minimum Gasteiger partial charge on any atom is -0.497 e. The van der Waals surface area contributed by atoms with Crippen LogP contribution in [0.15, 0.2) is 30.5 Å². The third-order valence-corrected chi connectivity index (χ3v) is 4.65. The molecule has 1 fully saturated rings. The molecule has 2 unspecified atom stereocenters. The summed E-state index contributed by atoms with van der Waals surface area (Å²) < 4.78 is 5.31. The number of anilines is 1. The lowest BCUT2D eigenvalue weighted by atomic mass is 9.89. The summed E-state index contributed by atoms with van der Waals surface area (Å²) in [5.74, 6) is 2.43. The lowest BCUT2D eigenvalue weighted by molar-refractivity contribution is 0.378. The van der Waals surface area contributed by atoms with Crippen LogP contribution in [0.5, 0.6) is 5.75 Å². The summed E-state index contributed by atoms with van der Waals surface area (Å²) in [7, 11) is 1.69. The van der Waals surface area contributed by atoms with Crippen molar-refractivity contribution in [2.24, 2.45) is 5.92 Å². The van der Waals surface area contributed by atoms with E-state index in [9.17, 15) is 0 Å². The SMILES string of the molecule is COc1ccc2ccnc(NCC3CCCC(Cl)C3)c2c1. The number of rotatable bonds is 4. The lowest BCUT2D eigenvalue weighted by Crippen LogP contribution is -2.22. The van der Waals surface area contributed by atoms with Crippen LogP contribution < -0.4 is 10.1 Å². The fourth-order valence-corrected chi connectivity index (χ4v) is 3.47. The first kappa shape index (κ1) is 14.5. The molecule has 1 aromatic heterocycles. The Kier molecular flexibility index (Phi) is 4.49. The van der Waals surface area contributed by atoms with Crippen LogP contribution in [0, 0.1) is 5.92 Å². The molecule has 1 saturated carbocycles. The van der Waals surface area contributed by atoms with E-state index in [1.807, 2.05) is 24.4 Å². The van der Waals surface area contributed by atoms with Crippen LogP contribution in [0.25, 0.3) is 10.8 Å². The predicted molar refractivity (Wildman–Crippen MR) is 88.4 cm³/mol. The molecule has 0 radical (unpaired) electrons. The maximum Gasteiger partial charge on any atom is 0.133 e. The zero-order valence-electron chi connectivity index (χ0n) is 12.3. The van der Waals surface area contributed by atoms with Gasteiger partial charge in [-0.25, -0.2) is 4.98 Å². The number of halogens is 1. The van der Waals surface area contributed by atoms with Gasteiger partial charge in [0.25, 0.3) is 0 Å². The number of methoxy groups -OCH3 is 1. The molecule has 3 nitrogen and oxygen atoms in total. The second-order valence-electron chi connectivity index (χ2n) is 5.76. The van der Waals surface area contributed by atoms with E-state index < -0.39 is 0 Å². The average Bonchev–Trinajstić information content (AvgIpc) is 2.52. The van der Waals surface area contributed by atoms with Crippen LogP contribution >= 0.6 is 11.6 Å². The maximum atomic E-state index is 6.27. The molecule has 0 aliphatic heterocycles. The van der Waals surface area contributed by atoms with Gasteiger partial charge in [-0.05, 0) is 48.8 Å². The second kappa shape index (κ2) is 6.52. The molecule has 2 aromatic rings. The van der Waals surface area contributed by atoms with Crippen LogP contribution in [0.1, 0.15) is 25.7 Å². The fraction of sp³-hybridized carbons (Fsp3) is 0.471. The van der Waals surface area contributed by atoms with Crippen molar-refractivity contribution < 1.29 is 4.74 Å². The highest BCUT2D eigenvalue weighted by atomic mass is 35.5. The first-order valence-corrected chi connectivity index (χ1v) is 8.00. The minimum absolute atomic E-state index is 0.339. The molecule has 21 heavy (non-hydrogen) atoms. The van der Waals surface area contributed by atoms with Gasteiger partial charge in [-0.3, -0.25) is 0 Å². The van der Waals surface area contributed by atoms with Crippen LogP contribution in [0.4, 0.5) is 5.82 Å². The molecule has 1 aromatic carbocycles. The number of ether oxygens (including phenoxy) is 1. The number of pyridine rings is 1. The summed E-state index contributed by atoms with van der Waals surface area (Å²) in [5, 5.41) is 6.12. The van der Waals surface area contributed by atoms with Gasteiger partial charge in [0.05, 0.1) is 7.11 Å². The van der Waals surface area contributed by atoms with E-state index in [1.54, 1.807) is 7.11 Å². The number of benzene rings is 1. The topological polar surface area (TPSA) is 34.1 Å². The summed E-state index contributed by atoms with van der Waals surface area (Å²) >= 11 is 6.27. The molecule has 2 atom stereocenters. The molecule has 0 amide bonds. The number of aromatic nitrogens is 1. The third-order valence-electron chi connectivity index (χ3n) is 4.25. The maximum absolute atomic E-state index is 6.27. The normalized spacial score (nSPS) is 22.2. The van der Waals surface area contributed by atoms with E-state index in [0.29, 0.717) is 11.3 Å². The van der Waals surface area contributed by atoms with Crippen LogP contribution in [-0.2, 0) is 0 Å². The van der Waals surface area contributed by atoms with Crippen molar-refractivity contribution >= 4 is 28.2 Å². The van der Waals surface area contributed by atoms with E-state index in [2.05, 4.69) is 16.4 Å². The summed E-state index contributed by atoms with van der Waals surface area (Å²) in [5.41, 5.74) is 0.